The van der Waals surface area contributed by atoms with Crippen LogP contribution in [0.1, 0.15) is 20.3 Å². The van der Waals surface area contributed by atoms with Crippen LogP contribution in [-0.2, 0) is 0 Å². The van der Waals surface area contributed by atoms with Gasteiger partial charge in [-0.1, -0.05) is 6.92 Å². The van der Waals surface area contributed by atoms with E-state index < -0.39 is 0 Å². The van der Waals surface area contributed by atoms with Crippen LogP contribution in [-0.4, -0.2) is 32.8 Å². The molecule has 0 saturated carbocycles. The number of rotatable bonds is 4. The summed E-state index contributed by atoms with van der Waals surface area (Å²) in [5, 5.41) is 3.40. The zero-order valence-electron chi connectivity index (χ0n) is 11.6. The summed E-state index contributed by atoms with van der Waals surface area (Å²) in [6, 6.07) is 9.11. The maximum absolute atomic E-state index is 5.48. The minimum absolute atomic E-state index is 0.656. The highest BCUT2D eigenvalue weighted by Gasteiger charge is 2.24. The van der Waals surface area contributed by atoms with Gasteiger partial charge in [0, 0.05) is 24.8 Å². The van der Waals surface area contributed by atoms with Crippen molar-refractivity contribution >= 4 is 5.69 Å². The molecule has 3 nitrogen and oxygen atoms in total. The summed E-state index contributed by atoms with van der Waals surface area (Å²) >= 11 is 0. The van der Waals surface area contributed by atoms with E-state index in [9.17, 15) is 0 Å². The van der Waals surface area contributed by atoms with Gasteiger partial charge >= 0.3 is 0 Å². The van der Waals surface area contributed by atoms with Crippen LogP contribution in [0.5, 0.6) is 5.75 Å². The van der Waals surface area contributed by atoms with E-state index in [0.29, 0.717) is 12.0 Å². The summed E-state index contributed by atoms with van der Waals surface area (Å²) in [6.45, 7) is 7.31. The topological polar surface area (TPSA) is 24.5 Å². The quantitative estimate of drug-likeness (QED) is 0.886. The Morgan fingerprint density at radius 3 is 2.61 bits per heavy atom. The van der Waals surface area contributed by atoms with Crippen molar-refractivity contribution in [1.82, 2.24) is 5.32 Å². The average molecular weight is 248 g/mol. The Hall–Kier alpha value is -1.22. The lowest BCUT2D eigenvalue weighted by molar-refractivity contribution is 0.337. The Kier molecular flexibility index (Phi) is 4.48. The van der Waals surface area contributed by atoms with E-state index in [1.807, 2.05) is 6.92 Å². The second-order valence-electron chi connectivity index (χ2n) is 5.03. The van der Waals surface area contributed by atoms with Crippen LogP contribution in [0.15, 0.2) is 24.3 Å². The minimum atomic E-state index is 0.656. The molecule has 0 spiro atoms. The highest BCUT2D eigenvalue weighted by molar-refractivity contribution is 5.49. The van der Waals surface area contributed by atoms with E-state index in [1.54, 1.807) is 0 Å². The predicted octanol–water partition coefficient (Wildman–Crippen LogP) is 2.52. The SMILES string of the molecule is CCOc1ccc(N2CCC(NC)C(C)C2)cc1. The van der Waals surface area contributed by atoms with Crippen LogP contribution in [0.25, 0.3) is 0 Å². The molecule has 3 heteroatoms. The summed E-state index contributed by atoms with van der Waals surface area (Å²) in [7, 11) is 2.06. The lowest BCUT2D eigenvalue weighted by atomic mass is 9.93. The van der Waals surface area contributed by atoms with Crippen molar-refractivity contribution in [2.75, 3.05) is 31.6 Å². The first-order chi connectivity index (χ1) is 8.74. The molecule has 1 saturated heterocycles. The Morgan fingerprint density at radius 2 is 2.06 bits per heavy atom. The number of nitrogens with one attached hydrogen (secondary N) is 1. The van der Waals surface area contributed by atoms with Crippen LogP contribution in [0.4, 0.5) is 5.69 Å². The van der Waals surface area contributed by atoms with Gasteiger partial charge in [-0.2, -0.15) is 0 Å². The molecule has 0 amide bonds. The summed E-state index contributed by atoms with van der Waals surface area (Å²) in [6.07, 6.45) is 1.21. The molecule has 0 bridgehead atoms. The van der Waals surface area contributed by atoms with Gasteiger partial charge in [-0.15, -0.1) is 0 Å². The highest BCUT2D eigenvalue weighted by atomic mass is 16.5. The lowest BCUT2D eigenvalue weighted by Gasteiger charge is -2.38. The zero-order valence-corrected chi connectivity index (χ0v) is 11.6. The van der Waals surface area contributed by atoms with Crippen molar-refractivity contribution in [3.05, 3.63) is 24.3 Å². The minimum Gasteiger partial charge on any atom is -0.494 e. The van der Waals surface area contributed by atoms with E-state index in [1.165, 1.54) is 12.1 Å². The van der Waals surface area contributed by atoms with Gasteiger partial charge in [-0.25, -0.2) is 0 Å². The molecule has 1 aromatic rings. The summed E-state index contributed by atoms with van der Waals surface area (Å²) in [5.41, 5.74) is 1.31. The van der Waals surface area contributed by atoms with Crippen molar-refractivity contribution in [2.45, 2.75) is 26.3 Å². The van der Waals surface area contributed by atoms with Crippen LogP contribution >= 0.6 is 0 Å². The van der Waals surface area contributed by atoms with Gasteiger partial charge in [0.05, 0.1) is 6.61 Å². The molecular formula is C15H24N2O. The molecule has 2 rings (SSSR count). The van der Waals surface area contributed by atoms with Gasteiger partial charge in [0.2, 0.25) is 0 Å². The number of piperidine rings is 1. The number of ether oxygens (including phenoxy) is 1. The Labute approximate surface area is 110 Å². The van der Waals surface area contributed by atoms with Crippen molar-refractivity contribution < 1.29 is 4.74 Å². The fourth-order valence-electron chi connectivity index (χ4n) is 2.73. The van der Waals surface area contributed by atoms with E-state index in [-0.39, 0.29) is 0 Å². The number of nitrogens with zero attached hydrogens (tertiary/aromatic N) is 1. The average Bonchev–Trinajstić information content (AvgIpc) is 2.40. The maximum Gasteiger partial charge on any atom is 0.119 e. The van der Waals surface area contributed by atoms with E-state index in [2.05, 4.69) is 48.5 Å². The first-order valence-electron chi connectivity index (χ1n) is 6.89. The van der Waals surface area contributed by atoms with Gasteiger partial charge in [0.15, 0.2) is 0 Å². The molecule has 2 atom stereocenters. The highest BCUT2D eigenvalue weighted by Crippen LogP contribution is 2.25. The maximum atomic E-state index is 5.48. The van der Waals surface area contributed by atoms with Crippen molar-refractivity contribution in [3.63, 3.8) is 0 Å². The summed E-state index contributed by atoms with van der Waals surface area (Å²) < 4.78 is 5.48. The van der Waals surface area contributed by atoms with Crippen molar-refractivity contribution in [2.24, 2.45) is 5.92 Å². The standard InChI is InChI=1S/C15H24N2O/c1-4-18-14-7-5-13(6-8-14)17-10-9-15(16-3)12(2)11-17/h5-8,12,15-16H,4,9-11H2,1-3H3. The molecule has 1 fully saturated rings. The molecule has 0 radical (unpaired) electrons. The number of benzene rings is 1. The molecule has 100 valence electrons. The van der Waals surface area contributed by atoms with Crippen molar-refractivity contribution in [1.29, 1.82) is 0 Å². The van der Waals surface area contributed by atoms with Crippen molar-refractivity contribution in [3.8, 4) is 5.75 Å². The molecule has 0 aliphatic carbocycles. The Morgan fingerprint density at radius 1 is 1.33 bits per heavy atom. The third-order valence-electron chi connectivity index (χ3n) is 3.79. The van der Waals surface area contributed by atoms with Gasteiger partial charge in [0.1, 0.15) is 5.75 Å². The third-order valence-corrected chi connectivity index (χ3v) is 3.79. The van der Waals surface area contributed by atoms with Crippen LogP contribution in [0, 0.1) is 5.92 Å². The lowest BCUT2D eigenvalue weighted by Crippen LogP contribution is -2.47. The third kappa shape index (κ3) is 2.96. The van der Waals surface area contributed by atoms with Gasteiger partial charge < -0.3 is 15.0 Å². The largest absolute Gasteiger partial charge is 0.494 e. The second-order valence-corrected chi connectivity index (χ2v) is 5.03. The molecule has 1 heterocycles. The van der Waals surface area contributed by atoms with Gasteiger partial charge in [-0.05, 0) is 50.6 Å². The summed E-state index contributed by atoms with van der Waals surface area (Å²) in [4.78, 5) is 2.47. The number of hydrogen-bond acceptors (Lipinski definition) is 3. The fourth-order valence-corrected chi connectivity index (χ4v) is 2.73. The van der Waals surface area contributed by atoms with E-state index >= 15 is 0 Å². The molecule has 1 N–H and O–H groups in total. The zero-order chi connectivity index (χ0) is 13.0. The molecule has 1 aliphatic rings. The van der Waals surface area contributed by atoms with Crippen LogP contribution in [0.2, 0.25) is 0 Å². The molecule has 0 aromatic heterocycles. The molecule has 1 aromatic carbocycles. The molecule has 2 unspecified atom stereocenters. The number of hydrogen-bond donors (Lipinski definition) is 1. The Bertz CT molecular complexity index is 363. The molecule has 1 aliphatic heterocycles. The fraction of sp³-hybridized carbons (Fsp3) is 0.600. The first-order valence-corrected chi connectivity index (χ1v) is 6.89. The predicted molar refractivity (Wildman–Crippen MR) is 76.5 cm³/mol. The second kappa shape index (κ2) is 6.10. The van der Waals surface area contributed by atoms with Gasteiger partial charge in [0.25, 0.3) is 0 Å². The van der Waals surface area contributed by atoms with E-state index in [4.69, 9.17) is 4.74 Å². The molecule has 18 heavy (non-hydrogen) atoms. The Balaban J connectivity index is 1.99. The van der Waals surface area contributed by atoms with Crippen LogP contribution < -0.4 is 15.0 Å². The van der Waals surface area contributed by atoms with Gasteiger partial charge in [-0.3, -0.25) is 0 Å². The number of anilines is 1. The smallest absolute Gasteiger partial charge is 0.119 e. The summed E-state index contributed by atoms with van der Waals surface area (Å²) in [5.74, 6) is 1.65. The van der Waals surface area contributed by atoms with E-state index in [0.717, 1.165) is 25.4 Å². The first kappa shape index (κ1) is 13.2. The molecular weight excluding hydrogens is 224 g/mol. The van der Waals surface area contributed by atoms with Crippen LogP contribution in [0.3, 0.4) is 0 Å². The normalized spacial score (nSPS) is 24.1. The monoisotopic (exact) mass is 248 g/mol.